The third kappa shape index (κ3) is 3.41. The number of benzene rings is 1. The third-order valence-electron chi connectivity index (χ3n) is 4.67. The van der Waals surface area contributed by atoms with Crippen LogP contribution in [0.4, 0.5) is 0 Å². The van der Waals surface area contributed by atoms with Crippen LogP contribution in [-0.2, 0) is 6.54 Å². The average molecular weight is 306 g/mol. The fourth-order valence-corrected chi connectivity index (χ4v) is 3.76. The second kappa shape index (κ2) is 6.37. The molecule has 0 saturated heterocycles. The summed E-state index contributed by atoms with van der Waals surface area (Å²) in [5.41, 5.74) is 1.33. The van der Waals surface area contributed by atoms with Crippen LogP contribution in [-0.4, -0.2) is 24.5 Å². The number of aliphatic imine (C=N–C) groups is 1. The fraction of sp³-hybridized carbons (Fsp3) is 0.588. The van der Waals surface area contributed by atoms with Crippen molar-refractivity contribution in [2.24, 2.45) is 10.9 Å². The van der Waals surface area contributed by atoms with E-state index in [1.54, 1.807) is 0 Å². The summed E-state index contributed by atoms with van der Waals surface area (Å²) >= 11 is 5.94. The summed E-state index contributed by atoms with van der Waals surface area (Å²) < 4.78 is 0. The van der Waals surface area contributed by atoms with Gasteiger partial charge in [0.05, 0.1) is 12.1 Å². The van der Waals surface area contributed by atoms with Gasteiger partial charge in [-0.15, -0.1) is 0 Å². The van der Waals surface area contributed by atoms with E-state index >= 15 is 0 Å². The van der Waals surface area contributed by atoms with Crippen molar-refractivity contribution in [2.75, 3.05) is 13.1 Å². The summed E-state index contributed by atoms with van der Waals surface area (Å²) in [4.78, 5) is 4.79. The maximum atomic E-state index is 5.94. The van der Waals surface area contributed by atoms with Crippen molar-refractivity contribution < 1.29 is 0 Å². The second-order valence-electron chi connectivity index (χ2n) is 6.42. The highest BCUT2D eigenvalue weighted by Gasteiger charge is 2.40. The summed E-state index contributed by atoms with van der Waals surface area (Å²) in [5.74, 6) is 1.93. The Morgan fingerprint density at radius 1 is 1.38 bits per heavy atom. The van der Waals surface area contributed by atoms with Crippen molar-refractivity contribution >= 4 is 17.4 Å². The molecule has 4 heteroatoms. The second-order valence-corrected chi connectivity index (χ2v) is 6.86. The number of amidine groups is 1. The maximum absolute atomic E-state index is 5.94. The Labute approximate surface area is 132 Å². The summed E-state index contributed by atoms with van der Waals surface area (Å²) in [7, 11) is 0. The predicted octanol–water partition coefficient (Wildman–Crippen LogP) is 3.38. The van der Waals surface area contributed by atoms with E-state index in [2.05, 4.69) is 29.7 Å². The molecule has 1 aromatic rings. The van der Waals surface area contributed by atoms with Crippen molar-refractivity contribution in [3.8, 4) is 0 Å². The number of rotatable bonds is 2. The van der Waals surface area contributed by atoms with Crippen LogP contribution in [0.25, 0.3) is 0 Å². The van der Waals surface area contributed by atoms with E-state index < -0.39 is 0 Å². The predicted molar refractivity (Wildman–Crippen MR) is 89.0 cm³/mol. The van der Waals surface area contributed by atoms with Gasteiger partial charge in [0.1, 0.15) is 5.84 Å². The molecule has 0 amide bonds. The molecule has 0 radical (unpaired) electrons. The molecule has 3 rings (SSSR count). The van der Waals surface area contributed by atoms with Gasteiger partial charge in [-0.2, -0.15) is 0 Å². The molecule has 1 spiro atoms. The molecule has 21 heavy (non-hydrogen) atoms. The highest BCUT2D eigenvalue weighted by atomic mass is 35.5. The standard InChI is InChI=1S/C17H24ClN3/c1-13-3-2-8-17(11-13)16(19-9-10-21-17)20-12-14-4-6-15(18)7-5-14/h4-7,13,21H,2-3,8-12H2,1H3,(H,19,20). The average Bonchev–Trinajstić information content (AvgIpc) is 2.48. The van der Waals surface area contributed by atoms with Gasteiger partial charge in [-0.25, -0.2) is 0 Å². The van der Waals surface area contributed by atoms with Crippen molar-refractivity contribution in [1.82, 2.24) is 10.6 Å². The van der Waals surface area contributed by atoms with Gasteiger partial charge < -0.3 is 10.6 Å². The first kappa shape index (κ1) is 14.9. The smallest absolute Gasteiger partial charge is 0.117 e. The van der Waals surface area contributed by atoms with Gasteiger partial charge in [0.15, 0.2) is 0 Å². The summed E-state index contributed by atoms with van der Waals surface area (Å²) in [6, 6.07) is 8.03. The van der Waals surface area contributed by atoms with E-state index in [0.29, 0.717) is 0 Å². The monoisotopic (exact) mass is 305 g/mol. The fourth-order valence-electron chi connectivity index (χ4n) is 3.64. The first-order valence-electron chi connectivity index (χ1n) is 7.96. The quantitative estimate of drug-likeness (QED) is 0.879. The first-order valence-corrected chi connectivity index (χ1v) is 8.34. The number of nitrogens with zero attached hydrogens (tertiary/aromatic N) is 1. The van der Waals surface area contributed by atoms with E-state index in [9.17, 15) is 0 Å². The van der Waals surface area contributed by atoms with Crippen molar-refractivity contribution in [3.63, 3.8) is 0 Å². The van der Waals surface area contributed by atoms with E-state index in [4.69, 9.17) is 16.6 Å². The maximum Gasteiger partial charge on any atom is 0.117 e. The molecule has 1 aliphatic carbocycles. The van der Waals surface area contributed by atoms with Gasteiger partial charge in [0.2, 0.25) is 0 Å². The van der Waals surface area contributed by atoms with Crippen LogP contribution >= 0.6 is 11.6 Å². The van der Waals surface area contributed by atoms with Crippen LogP contribution in [0.5, 0.6) is 0 Å². The molecule has 3 nitrogen and oxygen atoms in total. The lowest BCUT2D eigenvalue weighted by Gasteiger charge is -2.44. The zero-order valence-corrected chi connectivity index (χ0v) is 13.4. The number of nitrogens with one attached hydrogen (secondary N) is 2. The van der Waals surface area contributed by atoms with Crippen molar-refractivity contribution in [2.45, 2.75) is 44.7 Å². The zero-order chi connectivity index (χ0) is 14.7. The van der Waals surface area contributed by atoms with E-state index in [1.165, 1.54) is 31.2 Å². The zero-order valence-electron chi connectivity index (χ0n) is 12.7. The van der Waals surface area contributed by atoms with Crippen LogP contribution < -0.4 is 10.6 Å². The first-order chi connectivity index (χ1) is 10.2. The third-order valence-corrected chi connectivity index (χ3v) is 4.92. The Balaban J connectivity index is 1.70. The lowest BCUT2D eigenvalue weighted by Crippen LogP contribution is -2.61. The normalized spacial score (nSPS) is 29.2. The Kier molecular flexibility index (Phi) is 4.51. The minimum atomic E-state index is 0.0857. The topological polar surface area (TPSA) is 36.4 Å². The number of hydrogen-bond donors (Lipinski definition) is 2. The molecular formula is C17H24ClN3. The van der Waals surface area contributed by atoms with Gasteiger partial charge in [-0.3, -0.25) is 4.99 Å². The molecule has 2 atom stereocenters. The molecule has 1 aromatic carbocycles. The van der Waals surface area contributed by atoms with Crippen molar-refractivity contribution in [1.29, 1.82) is 0 Å². The number of halogens is 1. The molecular weight excluding hydrogens is 282 g/mol. The SMILES string of the molecule is CC1CCCC2(C1)NCCN=C2NCc1ccc(Cl)cc1. The summed E-state index contributed by atoms with van der Waals surface area (Å²) in [6.07, 6.45) is 5.02. The lowest BCUT2D eigenvalue weighted by atomic mass is 9.75. The molecule has 2 aliphatic rings. The highest BCUT2D eigenvalue weighted by molar-refractivity contribution is 6.30. The summed E-state index contributed by atoms with van der Waals surface area (Å²) in [6.45, 7) is 5.04. The van der Waals surface area contributed by atoms with Crippen LogP contribution in [0.15, 0.2) is 29.3 Å². The summed E-state index contributed by atoms with van der Waals surface area (Å²) in [5, 5.41) is 8.11. The molecule has 2 unspecified atom stereocenters. The van der Waals surface area contributed by atoms with Gasteiger partial charge >= 0.3 is 0 Å². The Morgan fingerprint density at radius 3 is 2.95 bits per heavy atom. The molecule has 0 bridgehead atoms. The van der Waals surface area contributed by atoms with Gasteiger partial charge in [-0.05, 0) is 36.5 Å². The Morgan fingerprint density at radius 2 is 2.19 bits per heavy atom. The van der Waals surface area contributed by atoms with Crippen LogP contribution in [0.3, 0.4) is 0 Å². The Bertz CT molecular complexity index is 511. The van der Waals surface area contributed by atoms with Gasteiger partial charge in [0, 0.05) is 18.1 Å². The Hall–Kier alpha value is -1.06. The van der Waals surface area contributed by atoms with E-state index in [0.717, 1.165) is 36.4 Å². The van der Waals surface area contributed by atoms with Crippen molar-refractivity contribution in [3.05, 3.63) is 34.9 Å². The van der Waals surface area contributed by atoms with Crippen LogP contribution in [0, 0.1) is 5.92 Å². The molecule has 0 aromatic heterocycles. The van der Waals surface area contributed by atoms with Gasteiger partial charge in [0.25, 0.3) is 0 Å². The van der Waals surface area contributed by atoms with Gasteiger partial charge in [-0.1, -0.05) is 43.5 Å². The molecule has 1 aliphatic heterocycles. The van der Waals surface area contributed by atoms with Crippen LogP contribution in [0.1, 0.15) is 38.2 Å². The lowest BCUT2D eigenvalue weighted by molar-refractivity contribution is 0.243. The molecule has 2 N–H and O–H groups in total. The van der Waals surface area contributed by atoms with E-state index in [1.807, 2.05) is 12.1 Å². The number of hydrogen-bond acceptors (Lipinski definition) is 3. The van der Waals surface area contributed by atoms with Crippen LogP contribution in [0.2, 0.25) is 5.02 Å². The largest absolute Gasteiger partial charge is 0.368 e. The molecule has 114 valence electrons. The minimum absolute atomic E-state index is 0.0857. The molecule has 1 heterocycles. The molecule has 1 fully saturated rings. The highest BCUT2D eigenvalue weighted by Crippen LogP contribution is 2.34. The minimum Gasteiger partial charge on any atom is -0.368 e. The van der Waals surface area contributed by atoms with E-state index in [-0.39, 0.29) is 5.54 Å². The molecule has 1 saturated carbocycles.